The summed E-state index contributed by atoms with van der Waals surface area (Å²) in [6, 6.07) is 11.9. The molecule has 0 saturated heterocycles. The first-order valence-corrected chi connectivity index (χ1v) is 11.7. The summed E-state index contributed by atoms with van der Waals surface area (Å²) in [6.07, 6.45) is 2.62. The van der Waals surface area contributed by atoms with Crippen molar-refractivity contribution < 1.29 is 22.3 Å². The van der Waals surface area contributed by atoms with Crippen LogP contribution in [0.3, 0.4) is 0 Å². The lowest BCUT2D eigenvalue weighted by atomic mass is 10.1. The predicted octanol–water partition coefficient (Wildman–Crippen LogP) is 3.52. The van der Waals surface area contributed by atoms with Gasteiger partial charge in [-0.05, 0) is 75.6 Å². The largest absolute Gasteiger partial charge is 0.491 e. The molecule has 0 aliphatic carbocycles. The molecule has 0 aliphatic heterocycles. The molecule has 8 heteroatoms. The molecule has 2 aromatic carbocycles. The van der Waals surface area contributed by atoms with Gasteiger partial charge in [0.2, 0.25) is 15.9 Å². The Bertz CT molecular complexity index is 929. The molecule has 2 rings (SSSR count). The van der Waals surface area contributed by atoms with Crippen molar-refractivity contribution in [2.24, 2.45) is 0 Å². The van der Waals surface area contributed by atoms with Gasteiger partial charge in [0.25, 0.3) is 0 Å². The van der Waals surface area contributed by atoms with Crippen molar-refractivity contribution in [1.29, 1.82) is 0 Å². The summed E-state index contributed by atoms with van der Waals surface area (Å²) in [5.41, 5.74) is 1.36. The molecular weight excluding hydrogens is 407 g/mol. The Labute approximate surface area is 178 Å². The molecule has 0 bridgehead atoms. The molecular formula is C22H29FN2O4S. The number of carbonyl (C=O) groups excluding carboxylic acids is 1. The number of sulfonamides is 1. The van der Waals surface area contributed by atoms with Crippen LogP contribution in [0, 0.1) is 5.82 Å². The highest BCUT2D eigenvalue weighted by atomic mass is 32.2. The molecule has 1 amide bonds. The minimum absolute atomic E-state index is 0.120. The molecule has 164 valence electrons. The zero-order chi connectivity index (χ0) is 22.3. The lowest BCUT2D eigenvalue weighted by Gasteiger charge is -2.28. The number of rotatable bonds is 10. The standard InChI is InChI=1S/C22H29FN2O4S/c1-16(2)29-21-13-7-18(8-14-21)6-5-15-24-22(26)17(3)25(30(4,27)28)20-11-9-19(23)10-12-20/h7-14,16-17H,5-6,15H2,1-4H3,(H,24,26)/t17-/m1/s1. The number of nitrogens with zero attached hydrogens (tertiary/aromatic N) is 1. The zero-order valence-corrected chi connectivity index (χ0v) is 18.6. The molecule has 0 spiro atoms. The van der Waals surface area contributed by atoms with Crippen molar-refractivity contribution in [3.63, 3.8) is 0 Å². The lowest BCUT2D eigenvalue weighted by molar-refractivity contribution is -0.121. The highest BCUT2D eigenvalue weighted by Gasteiger charge is 2.28. The van der Waals surface area contributed by atoms with E-state index in [4.69, 9.17) is 4.74 Å². The second-order valence-corrected chi connectivity index (χ2v) is 9.28. The summed E-state index contributed by atoms with van der Waals surface area (Å²) in [4.78, 5) is 12.5. The van der Waals surface area contributed by atoms with E-state index in [-0.39, 0.29) is 11.8 Å². The van der Waals surface area contributed by atoms with Gasteiger partial charge in [-0.1, -0.05) is 12.1 Å². The van der Waals surface area contributed by atoms with Gasteiger partial charge < -0.3 is 10.1 Å². The third-order valence-corrected chi connectivity index (χ3v) is 5.65. The molecule has 0 fully saturated rings. The van der Waals surface area contributed by atoms with E-state index in [2.05, 4.69) is 5.32 Å². The van der Waals surface area contributed by atoms with Crippen LogP contribution in [0.15, 0.2) is 48.5 Å². The number of benzene rings is 2. The van der Waals surface area contributed by atoms with Crippen LogP contribution in [-0.4, -0.2) is 39.3 Å². The average molecular weight is 437 g/mol. The molecule has 1 N–H and O–H groups in total. The minimum atomic E-state index is -3.72. The van der Waals surface area contributed by atoms with Gasteiger partial charge in [0.05, 0.1) is 18.0 Å². The van der Waals surface area contributed by atoms with Gasteiger partial charge in [-0.3, -0.25) is 9.10 Å². The smallest absolute Gasteiger partial charge is 0.243 e. The summed E-state index contributed by atoms with van der Waals surface area (Å²) in [7, 11) is -3.72. The monoisotopic (exact) mass is 436 g/mol. The second kappa shape index (κ2) is 10.4. The molecule has 2 aromatic rings. The second-order valence-electron chi connectivity index (χ2n) is 7.42. The lowest BCUT2D eigenvalue weighted by Crippen LogP contribution is -2.48. The third kappa shape index (κ3) is 7.02. The van der Waals surface area contributed by atoms with Gasteiger partial charge in [0, 0.05) is 6.54 Å². The Morgan fingerprint density at radius 3 is 2.20 bits per heavy atom. The molecule has 30 heavy (non-hydrogen) atoms. The van der Waals surface area contributed by atoms with Crippen molar-refractivity contribution >= 4 is 21.6 Å². The van der Waals surface area contributed by atoms with Crippen molar-refractivity contribution in [3.05, 3.63) is 59.9 Å². The Morgan fingerprint density at radius 2 is 1.67 bits per heavy atom. The number of carbonyl (C=O) groups is 1. The van der Waals surface area contributed by atoms with E-state index in [1.165, 1.54) is 19.1 Å². The zero-order valence-electron chi connectivity index (χ0n) is 17.8. The number of amides is 1. The van der Waals surface area contributed by atoms with Crippen molar-refractivity contribution in [2.45, 2.75) is 45.8 Å². The van der Waals surface area contributed by atoms with Crippen LogP contribution in [0.1, 0.15) is 32.8 Å². The third-order valence-electron chi connectivity index (χ3n) is 4.41. The number of anilines is 1. The van der Waals surface area contributed by atoms with Gasteiger partial charge in [0.1, 0.15) is 17.6 Å². The van der Waals surface area contributed by atoms with E-state index in [1.807, 2.05) is 38.1 Å². The summed E-state index contributed by atoms with van der Waals surface area (Å²) < 4.78 is 44.2. The van der Waals surface area contributed by atoms with E-state index in [1.54, 1.807) is 0 Å². The fourth-order valence-electron chi connectivity index (χ4n) is 3.06. The fourth-order valence-corrected chi connectivity index (χ4v) is 4.23. The van der Waals surface area contributed by atoms with Crippen LogP contribution in [0.5, 0.6) is 5.75 Å². The van der Waals surface area contributed by atoms with E-state index in [0.717, 1.165) is 40.4 Å². The van der Waals surface area contributed by atoms with Crippen molar-refractivity contribution in [3.8, 4) is 5.75 Å². The first kappa shape index (κ1) is 23.7. The highest BCUT2D eigenvalue weighted by Crippen LogP contribution is 2.21. The highest BCUT2D eigenvalue weighted by molar-refractivity contribution is 7.92. The topological polar surface area (TPSA) is 75.7 Å². The Balaban J connectivity index is 1.90. The fraction of sp³-hybridized carbons (Fsp3) is 0.409. The van der Waals surface area contributed by atoms with Gasteiger partial charge in [-0.15, -0.1) is 0 Å². The van der Waals surface area contributed by atoms with E-state index in [0.29, 0.717) is 13.0 Å². The number of hydrogen-bond acceptors (Lipinski definition) is 4. The predicted molar refractivity (Wildman–Crippen MR) is 117 cm³/mol. The van der Waals surface area contributed by atoms with Crippen molar-refractivity contribution in [1.82, 2.24) is 5.32 Å². The normalized spacial score (nSPS) is 12.5. The van der Waals surface area contributed by atoms with E-state index >= 15 is 0 Å². The maximum atomic E-state index is 13.2. The SMILES string of the molecule is CC(C)Oc1ccc(CCCNC(=O)[C@@H](C)N(c2ccc(F)cc2)S(C)(=O)=O)cc1. The van der Waals surface area contributed by atoms with Gasteiger partial charge in [-0.25, -0.2) is 12.8 Å². The first-order chi connectivity index (χ1) is 14.1. The van der Waals surface area contributed by atoms with Crippen LogP contribution >= 0.6 is 0 Å². The summed E-state index contributed by atoms with van der Waals surface area (Å²) in [5.74, 6) is -0.0731. The van der Waals surface area contributed by atoms with Gasteiger partial charge in [-0.2, -0.15) is 0 Å². The van der Waals surface area contributed by atoms with Crippen LogP contribution in [0.2, 0.25) is 0 Å². The molecule has 0 unspecified atom stereocenters. The summed E-state index contributed by atoms with van der Waals surface area (Å²) in [5, 5.41) is 2.78. The van der Waals surface area contributed by atoms with Crippen LogP contribution in [0.4, 0.5) is 10.1 Å². The summed E-state index contributed by atoms with van der Waals surface area (Å²) in [6.45, 7) is 5.86. The van der Waals surface area contributed by atoms with E-state index in [9.17, 15) is 17.6 Å². The van der Waals surface area contributed by atoms with Gasteiger partial charge in [0.15, 0.2) is 0 Å². The molecule has 0 heterocycles. The van der Waals surface area contributed by atoms with E-state index < -0.39 is 27.8 Å². The first-order valence-electron chi connectivity index (χ1n) is 9.86. The van der Waals surface area contributed by atoms with Gasteiger partial charge >= 0.3 is 0 Å². The number of hydrogen-bond donors (Lipinski definition) is 1. The molecule has 6 nitrogen and oxygen atoms in total. The number of halogens is 1. The van der Waals surface area contributed by atoms with Crippen LogP contribution in [-0.2, 0) is 21.2 Å². The van der Waals surface area contributed by atoms with Crippen LogP contribution < -0.4 is 14.4 Å². The molecule has 0 saturated carbocycles. The number of aryl methyl sites for hydroxylation is 1. The minimum Gasteiger partial charge on any atom is -0.491 e. The van der Waals surface area contributed by atoms with Crippen LogP contribution in [0.25, 0.3) is 0 Å². The molecule has 0 aliphatic rings. The Kier molecular flexibility index (Phi) is 8.23. The molecule has 1 atom stereocenters. The maximum Gasteiger partial charge on any atom is 0.243 e. The Hall–Kier alpha value is -2.61. The average Bonchev–Trinajstić information content (AvgIpc) is 2.66. The number of ether oxygens (including phenoxy) is 1. The number of nitrogens with one attached hydrogen (secondary N) is 1. The Morgan fingerprint density at radius 1 is 1.07 bits per heavy atom. The summed E-state index contributed by atoms with van der Waals surface area (Å²) >= 11 is 0. The van der Waals surface area contributed by atoms with Crippen molar-refractivity contribution in [2.75, 3.05) is 17.1 Å². The quantitative estimate of drug-likeness (QED) is 0.578. The molecule has 0 aromatic heterocycles. The molecule has 0 radical (unpaired) electrons. The maximum absolute atomic E-state index is 13.2.